The Morgan fingerprint density at radius 3 is 2.37 bits per heavy atom. The molecular formula is C15H25N3O. The fourth-order valence-corrected chi connectivity index (χ4v) is 2.19. The van der Waals surface area contributed by atoms with Crippen LogP contribution in [0.4, 0.5) is 0 Å². The smallest absolute Gasteiger partial charge is 0.0918 e. The van der Waals surface area contributed by atoms with Crippen molar-refractivity contribution < 1.29 is 4.74 Å². The van der Waals surface area contributed by atoms with Gasteiger partial charge in [-0.1, -0.05) is 29.3 Å². The van der Waals surface area contributed by atoms with E-state index < -0.39 is 0 Å². The second kappa shape index (κ2) is 7.92. The molecule has 1 rings (SSSR count). The Labute approximate surface area is 116 Å². The zero-order chi connectivity index (χ0) is 14.3. The maximum Gasteiger partial charge on any atom is 0.0918 e. The molecule has 0 unspecified atom stereocenters. The SMILES string of the molecule is COCCN(CCC(=N)N)Cc1cc(C)cc(C)c1. The van der Waals surface area contributed by atoms with Crippen molar-refractivity contribution in [1.29, 1.82) is 5.41 Å². The number of hydrogen-bond acceptors (Lipinski definition) is 3. The minimum atomic E-state index is 0.239. The summed E-state index contributed by atoms with van der Waals surface area (Å²) < 4.78 is 5.14. The van der Waals surface area contributed by atoms with E-state index in [1.807, 2.05) is 0 Å². The molecule has 0 spiro atoms. The predicted molar refractivity (Wildman–Crippen MR) is 79.6 cm³/mol. The number of nitrogens with zero attached hydrogens (tertiary/aromatic N) is 1. The van der Waals surface area contributed by atoms with Crippen LogP contribution in [0.15, 0.2) is 18.2 Å². The van der Waals surface area contributed by atoms with Crippen molar-refractivity contribution >= 4 is 5.84 Å². The largest absolute Gasteiger partial charge is 0.388 e. The van der Waals surface area contributed by atoms with Crippen LogP contribution in [0.3, 0.4) is 0 Å². The van der Waals surface area contributed by atoms with E-state index in [2.05, 4.69) is 36.9 Å². The molecule has 0 aliphatic carbocycles. The molecule has 0 aromatic heterocycles. The van der Waals surface area contributed by atoms with Crippen LogP contribution in [-0.2, 0) is 11.3 Å². The maximum absolute atomic E-state index is 7.33. The van der Waals surface area contributed by atoms with Crippen LogP contribution in [0.5, 0.6) is 0 Å². The first-order valence-corrected chi connectivity index (χ1v) is 6.62. The van der Waals surface area contributed by atoms with Crippen LogP contribution < -0.4 is 5.73 Å². The monoisotopic (exact) mass is 263 g/mol. The number of ether oxygens (including phenoxy) is 1. The number of methoxy groups -OCH3 is 1. The van der Waals surface area contributed by atoms with E-state index in [0.717, 1.165) is 19.6 Å². The third-order valence-electron chi connectivity index (χ3n) is 3.00. The number of nitrogens with one attached hydrogen (secondary N) is 1. The molecule has 1 aromatic rings. The lowest BCUT2D eigenvalue weighted by molar-refractivity contribution is 0.145. The predicted octanol–water partition coefficient (Wildman–Crippen LogP) is 2.08. The summed E-state index contributed by atoms with van der Waals surface area (Å²) >= 11 is 0. The van der Waals surface area contributed by atoms with Gasteiger partial charge in [0.1, 0.15) is 0 Å². The molecule has 0 amide bonds. The van der Waals surface area contributed by atoms with Gasteiger partial charge in [-0.05, 0) is 19.4 Å². The van der Waals surface area contributed by atoms with E-state index in [1.54, 1.807) is 7.11 Å². The third-order valence-corrected chi connectivity index (χ3v) is 3.00. The van der Waals surface area contributed by atoms with Gasteiger partial charge in [0.15, 0.2) is 0 Å². The van der Waals surface area contributed by atoms with E-state index in [0.29, 0.717) is 13.0 Å². The van der Waals surface area contributed by atoms with E-state index >= 15 is 0 Å². The Morgan fingerprint density at radius 2 is 1.84 bits per heavy atom. The van der Waals surface area contributed by atoms with Crippen LogP contribution in [-0.4, -0.2) is 37.5 Å². The molecule has 0 heterocycles. The van der Waals surface area contributed by atoms with Crippen LogP contribution >= 0.6 is 0 Å². The van der Waals surface area contributed by atoms with Gasteiger partial charge >= 0.3 is 0 Å². The highest BCUT2D eigenvalue weighted by molar-refractivity contribution is 5.76. The summed E-state index contributed by atoms with van der Waals surface area (Å²) in [6.45, 7) is 7.46. The standard InChI is InChI=1S/C15H25N3O/c1-12-8-13(2)10-14(9-12)11-18(6-7-19-3)5-4-15(16)17/h8-10H,4-7,11H2,1-3H3,(H3,16,17). The molecule has 0 bridgehead atoms. The van der Waals surface area contributed by atoms with E-state index in [-0.39, 0.29) is 5.84 Å². The number of nitrogens with two attached hydrogens (primary N) is 1. The molecule has 0 aliphatic heterocycles. The summed E-state index contributed by atoms with van der Waals surface area (Å²) in [5, 5.41) is 7.33. The number of benzene rings is 1. The Balaban J connectivity index is 2.66. The summed E-state index contributed by atoms with van der Waals surface area (Å²) in [5.74, 6) is 0.239. The molecule has 4 heteroatoms. The summed E-state index contributed by atoms with van der Waals surface area (Å²) in [6, 6.07) is 6.60. The van der Waals surface area contributed by atoms with Crippen LogP contribution in [0.25, 0.3) is 0 Å². The molecule has 0 saturated heterocycles. The molecule has 0 fully saturated rings. The minimum absolute atomic E-state index is 0.239. The Bertz CT molecular complexity index is 398. The lowest BCUT2D eigenvalue weighted by Gasteiger charge is -2.22. The molecule has 1 aromatic carbocycles. The van der Waals surface area contributed by atoms with Crippen LogP contribution in [0, 0.1) is 19.3 Å². The molecule has 0 radical (unpaired) electrons. The van der Waals surface area contributed by atoms with Gasteiger partial charge < -0.3 is 10.5 Å². The van der Waals surface area contributed by atoms with Crippen molar-refractivity contribution in [2.45, 2.75) is 26.8 Å². The van der Waals surface area contributed by atoms with Crippen LogP contribution in [0.2, 0.25) is 0 Å². The van der Waals surface area contributed by atoms with Gasteiger partial charge in [-0.2, -0.15) is 0 Å². The quantitative estimate of drug-likeness (QED) is 0.557. The second-order valence-electron chi connectivity index (χ2n) is 5.04. The minimum Gasteiger partial charge on any atom is -0.388 e. The normalized spacial score (nSPS) is 10.9. The fourth-order valence-electron chi connectivity index (χ4n) is 2.19. The molecule has 19 heavy (non-hydrogen) atoms. The summed E-state index contributed by atoms with van der Waals surface area (Å²) in [7, 11) is 1.71. The molecule has 0 atom stereocenters. The van der Waals surface area contributed by atoms with Crippen molar-refractivity contribution in [3.05, 3.63) is 34.9 Å². The van der Waals surface area contributed by atoms with Gasteiger partial charge in [-0.25, -0.2) is 0 Å². The Kier molecular flexibility index (Phi) is 6.53. The number of amidine groups is 1. The number of aryl methyl sites for hydroxylation is 2. The summed E-state index contributed by atoms with van der Waals surface area (Å²) in [6.07, 6.45) is 0.606. The molecule has 106 valence electrons. The fraction of sp³-hybridized carbons (Fsp3) is 0.533. The highest BCUT2D eigenvalue weighted by Gasteiger charge is 2.07. The first-order valence-electron chi connectivity index (χ1n) is 6.62. The van der Waals surface area contributed by atoms with Crippen molar-refractivity contribution in [2.24, 2.45) is 5.73 Å². The Hall–Kier alpha value is -1.39. The van der Waals surface area contributed by atoms with E-state index in [9.17, 15) is 0 Å². The van der Waals surface area contributed by atoms with Crippen molar-refractivity contribution in [3.63, 3.8) is 0 Å². The first-order chi connectivity index (χ1) is 9.01. The number of hydrogen-bond donors (Lipinski definition) is 2. The molecule has 0 saturated carbocycles. The van der Waals surface area contributed by atoms with E-state index in [1.165, 1.54) is 16.7 Å². The van der Waals surface area contributed by atoms with Crippen molar-refractivity contribution in [2.75, 3.05) is 26.8 Å². The van der Waals surface area contributed by atoms with Gasteiger partial charge in [0.25, 0.3) is 0 Å². The van der Waals surface area contributed by atoms with Gasteiger partial charge in [0, 0.05) is 33.2 Å². The Morgan fingerprint density at radius 1 is 1.21 bits per heavy atom. The highest BCUT2D eigenvalue weighted by atomic mass is 16.5. The molecule has 4 nitrogen and oxygen atoms in total. The van der Waals surface area contributed by atoms with Gasteiger partial charge in [0.2, 0.25) is 0 Å². The average molecular weight is 263 g/mol. The summed E-state index contributed by atoms with van der Waals surface area (Å²) in [4.78, 5) is 2.28. The van der Waals surface area contributed by atoms with E-state index in [4.69, 9.17) is 15.9 Å². The zero-order valence-electron chi connectivity index (χ0n) is 12.2. The topological polar surface area (TPSA) is 62.3 Å². The lowest BCUT2D eigenvalue weighted by atomic mass is 10.1. The maximum atomic E-state index is 7.33. The zero-order valence-corrected chi connectivity index (χ0v) is 12.2. The molecule has 0 aliphatic rings. The van der Waals surface area contributed by atoms with Crippen molar-refractivity contribution in [1.82, 2.24) is 4.90 Å². The van der Waals surface area contributed by atoms with Gasteiger partial charge in [-0.15, -0.1) is 0 Å². The second-order valence-corrected chi connectivity index (χ2v) is 5.04. The van der Waals surface area contributed by atoms with Crippen molar-refractivity contribution in [3.8, 4) is 0 Å². The first kappa shape index (κ1) is 15.7. The summed E-state index contributed by atoms with van der Waals surface area (Å²) in [5.41, 5.74) is 9.31. The average Bonchev–Trinajstić information content (AvgIpc) is 2.31. The third kappa shape index (κ3) is 6.36. The number of rotatable bonds is 8. The van der Waals surface area contributed by atoms with Gasteiger partial charge in [0.05, 0.1) is 12.4 Å². The molecule has 3 N–H and O–H groups in total. The van der Waals surface area contributed by atoms with Gasteiger partial charge in [-0.3, -0.25) is 10.3 Å². The van der Waals surface area contributed by atoms with Crippen LogP contribution in [0.1, 0.15) is 23.1 Å². The molecular weight excluding hydrogens is 238 g/mol. The highest BCUT2D eigenvalue weighted by Crippen LogP contribution is 2.11. The lowest BCUT2D eigenvalue weighted by Crippen LogP contribution is -2.30.